The van der Waals surface area contributed by atoms with Gasteiger partial charge in [0.15, 0.2) is 12.6 Å². The van der Waals surface area contributed by atoms with Gasteiger partial charge in [-0.3, -0.25) is 9.78 Å². The molecule has 15 atom stereocenters. The van der Waals surface area contributed by atoms with Crippen molar-refractivity contribution in [2.45, 2.75) is 104 Å². The highest BCUT2D eigenvalue weighted by Crippen LogP contribution is 2.31. The Hall–Kier alpha value is -2.13. The molecule has 4 rings (SSSR count). The summed E-state index contributed by atoms with van der Waals surface area (Å²) in [6.45, 7) is -1.69. The zero-order chi connectivity index (χ0) is 35.0. The summed E-state index contributed by atoms with van der Waals surface area (Å²) in [5.41, 5.74) is 28.8. The molecule has 1 saturated carbocycles. The minimum absolute atomic E-state index is 0.0528. The van der Waals surface area contributed by atoms with Crippen LogP contribution in [0.3, 0.4) is 0 Å². The number of amides is 1. The lowest BCUT2D eigenvalue weighted by molar-refractivity contribution is -0.320. The molecule has 270 valence electrons. The van der Waals surface area contributed by atoms with E-state index in [0.717, 1.165) is 0 Å². The third-order valence-corrected chi connectivity index (χ3v) is 8.22. The van der Waals surface area contributed by atoms with Gasteiger partial charge in [-0.15, -0.1) is 0 Å². The van der Waals surface area contributed by atoms with Crippen molar-refractivity contribution in [2.24, 2.45) is 28.7 Å². The summed E-state index contributed by atoms with van der Waals surface area (Å²) in [7, 11) is 0. The lowest BCUT2D eigenvalue weighted by Crippen LogP contribution is -2.70. The van der Waals surface area contributed by atoms with E-state index in [1.54, 1.807) is 0 Å². The Morgan fingerprint density at radius 3 is 2.04 bits per heavy atom. The molecular weight excluding hydrogens is 632 g/mol. The van der Waals surface area contributed by atoms with Crippen LogP contribution in [0.15, 0.2) is 18.6 Å². The third-order valence-electron chi connectivity index (χ3n) is 8.22. The van der Waals surface area contributed by atoms with Crippen molar-refractivity contribution >= 4 is 5.91 Å². The number of rotatable bonds is 11. The normalized spacial score (nSPS) is 40.8. The van der Waals surface area contributed by atoms with Crippen LogP contribution in [0.5, 0.6) is 0 Å². The molecule has 3 heterocycles. The zero-order valence-corrected chi connectivity index (χ0v) is 25.4. The van der Waals surface area contributed by atoms with Gasteiger partial charge in [0.1, 0.15) is 60.6 Å². The first-order valence-corrected chi connectivity index (χ1v) is 14.9. The number of aliphatic hydroxyl groups is 8. The van der Waals surface area contributed by atoms with Crippen molar-refractivity contribution in [2.75, 3.05) is 26.4 Å². The van der Waals surface area contributed by atoms with Gasteiger partial charge < -0.3 is 93.8 Å². The molecule has 19 N–H and O–H groups in total. The van der Waals surface area contributed by atoms with Crippen LogP contribution in [0, 0.1) is 0 Å². The first kappa shape index (κ1) is 39.3. The smallest absolute Gasteiger partial charge is 0.268 e. The summed E-state index contributed by atoms with van der Waals surface area (Å²) in [5, 5.41) is 84.1. The monoisotopic (exact) mass is 680 g/mol. The molecule has 21 nitrogen and oxygen atoms in total. The summed E-state index contributed by atoms with van der Waals surface area (Å²) in [5.74, 6) is -0.553. The predicted molar refractivity (Wildman–Crippen MR) is 157 cm³/mol. The van der Waals surface area contributed by atoms with Gasteiger partial charge in [0, 0.05) is 31.0 Å². The average molecular weight is 681 g/mol. The Bertz CT molecular complexity index is 1080. The number of aliphatic hydroxyl groups excluding tert-OH is 8. The lowest BCUT2D eigenvalue weighted by Gasteiger charge is -2.49. The third kappa shape index (κ3) is 9.52. The van der Waals surface area contributed by atoms with Crippen molar-refractivity contribution in [3.8, 4) is 0 Å². The number of nitrogens with zero attached hydrogens (tertiary/aromatic N) is 2. The molecule has 0 unspecified atom stereocenters. The highest BCUT2D eigenvalue weighted by molar-refractivity contribution is 5.90. The standard InChI is InChI=1S/C21H43N5O12.C5H5N3O/c22-2-9-14(31)15(32)12(25)20(35-9)37-18-7(23)1-8(26-6(3-27)4-28)19(17(18)34)38-21-16(33)11(24)13(30)10(5-29)36-21;6-5(9)4-3-7-1-2-8-4/h6-21,26-34H,1-5,22-25H2;1-3H,(H2,6,9)/t7-,8+,9+,10+,11-,12+,13+,14+,15+,16+,17-,18+,19-,20+,21+;/m0./s1. The average Bonchev–Trinajstić information content (AvgIpc) is 3.07. The molecule has 1 aromatic rings. The molecule has 47 heavy (non-hydrogen) atoms. The number of carbonyl (C=O) groups excluding carboxylic acids is 1. The number of hydrogen-bond donors (Lipinski definition) is 14. The number of aromatic nitrogens is 2. The number of carbonyl (C=O) groups is 1. The quantitative estimate of drug-likeness (QED) is 0.103. The molecule has 0 spiro atoms. The van der Waals surface area contributed by atoms with Crippen LogP contribution in [0.1, 0.15) is 16.9 Å². The highest BCUT2D eigenvalue weighted by atomic mass is 16.7. The van der Waals surface area contributed by atoms with Gasteiger partial charge in [-0.25, -0.2) is 4.98 Å². The fourth-order valence-corrected chi connectivity index (χ4v) is 5.46. The summed E-state index contributed by atoms with van der Waals surface area (Å²) in [6, 6.07) is -4.98. The lowest BCUT2D eigenvalue weighted by atomic mass is 9.83. The van der Waals surface area contributed by atoms with Crippen LogP contribution in [-0.2, 0) is 18.9 Å². The van der Waals surface area contributed by atoms with E-state index in [2.05, 4.69) is 15.3 Å². The van der Waals surface area contributed by atoms with Crippen LogP contribution in [0.2, 0.25) is 0 Å². The van der Waals surface area contributed by atoms with Gasteiger partial charge in [0.05, 0.1) is 44.1 Å². The Labute approximate surface area is 269 Å². The summed E-state index contributed by atoms with van der Waals surface area (Å²) >= 11 is 0. The van der Waals surface area contributed by atoms with E-state index in [9.17, 15) is 45.6 Å². The van der Waals surface area contributed by atoms with Crippen LogP contribution >= 0.6 is 0 Å². The molecule has 3 fully saturated rings. The SMILES string of the molecule is NC(=O)c1cnccn1.NC[C@H]1O[C@H](O[C@H]2[C@H](O)[C@@H](O[C@H]3O[C@H](CO)[C@@H](O)[C@H](N)[C@H]3O)[C@H](NC(CO)CO)C[C@@H]2N)[C@H](N)[C@@H](O)[C@@H]1O. The van der Waals surface area contributed by atoms with Crippen molar-refractivity contribution in [1.82, 2.24) is 15.3 Å². The number of hydrogen-bond acceptors (Lipinski definition) is 20. The second kappa shape index (κ2) is 18.0. The molecule has 0 bridgehead atoms. The minimum atomic E-state index is -1.56. The van der Waals surface area contributed by atoms with E-state index in [1.165, 1.54) is 18.6 Å². The Balaban J connectivity index is 0.000000573. The molecule has 3 aliphatic rings. The van der Waals surface area contributed by atoms with Crippen molar-refractivity contribution in [3.63, 3.8) is 0 Å². The van der Waals surface area contributed by atoms with E-state index in [0.29, 0.717) is 0 Å². The predicted octanol–water partition coefficient (Wildman–Crippen LogP) is -8.77. The van der Waals surface area contributed by atoms with Crippen LogP contribution in [0.4, 0.5) is 0 Å². The minimum Gasteiger partial charge on any atom is -0.395 e. The second-order valence-electron chi connectivity index (χ2n) is 11.5. The summed E-state index contributed by atoms with van der Waals surface area (Å²) < 4.78 is 22.9. The summed E-state index contributed by atoms with van der Waals surface area (Å²) in [4.78, 5) is 17.6. The molecular formula is C26H48N8O13. The zero-order valence-electron chi connectivity index (χ0n) is 25.4. The van der Waals surface area contributed by atoms with Crippen molar-refractivity contribution in [1.29, 1.82) is 0 Å². The topological polar surface area (TPSA) is 384 Å². The molecule has 1 amide bonds. The molecule has 0 radical (unpaired) electrons. The molecule has 0 aromatic carbocycles. The maximum atomic E-state index is 11.3. The second-order valence-corrected chi connectivity index (χ2v) is 11.5. The first-order valence-electron chi connectivity index (χ1n) is 14.9. The maximum Gasteiger partial charge on any atom is 0.268 e. The Morgan fingerprint density at radius 1 is 0.872 bits per heavy atom. The van der Waals surface area contributed by atoms with Crippen molar-refractivity contribution < 1.29 is 64.6 Å². The largest absolute Gasteiger partial charge is 0.395 e. The van der Waals surface area contributed by atoms with Gasteiger partial charge in [0.2, 0.25) is 0 Å². The van der Waals surface area contributed by atoms with Crippen LogP contribution in [-0.4, -0.2) is 181 Å². The first-order chi connectivity index (χ1) is 22.3. The Morgan fingerprint density at radius 2 is 1.51 bits per heavy atom. The molecule has 1 aliphatic carbocycles. The fraction of sp³-hybridized carbons (Fsp3) is 0.808. The maximum absolute atomic E-state index is 11.3. The number of nitrogens with one attached hydrogen (secondary N) is 1. The van der Waals surface area contributed by atoms with E-state index < -0.39 is 123 Å². The Kier molecular flexibility index (Phi) is 15.1. The van der Waals surface area contributed by atoms with Gasteiger partial charge in [-0.1, -0.05) is 0 Å². The van der Waals surface area contributed by atoms with E-state index in [1.807, 2.05) is 0 Å². The van der Waals surface area contributed by atoms with E-state index in [4.69, 9.17) is 47.6 Å². The van der Waals surface area contributed by atoms with Crippen LogP contribution in [0.25, 0.3) is 0 Å². The number of nitrogens with two attached hydrogens (primary N) is 5. The van der Waals surface area contributed by atoms with Gasteiger partial charge >= 0.3 is 0 Å². The van der Waals surface area contributed by atoms with Gasteiger partial charge in [-0.05, 0) is 6.42 Å². The van der Waals surface area contributed by atoms with Gasteiger partial charge in [-0.2, -0.15) is 0 Å². The fourth-order valence-electron chi connectivity index (χ4n) is 5.46. The van der Waals surface area contributed by atoms with Crippen molar-refractivity contribution in [3.05, 3.63) is 24.3 Å². The highest BCUT2D eigenvalue weighted by Gasteiger charge is 2.52. The van der Waals surface area contributed by atoms with E-state index >= 15 is 0 Å². The molecule has 2 saturated heterocycles. The number of ether oxygens (including phenoxy) is 4. The van der Waals surface area contributed by atoms with Crippen LogP contribution < -0.4 is 34.0 Å². The van der Waals surface area contributed by atoms with E-state index in [-0.39, 0.29) is 18.7 Å². The molecule has 21 heteroatoms. The molecule has 1 aromatic heterocycles. The number of primary amides is 1. The van der Waals surface area contributed by atoms with Gasteiger partial charge in [0.25, 0.3) is 5.91 Å². The molecule has 2 aliphatic heterocycles. The summed E-state index contributed by atoms with van der Waals surface area (Å²) in [6.07, 6.45) is -10.5.